The number of Topliss-reactive ketones (excluding diaryl/α,β-unsaturated/α-hetero) is 1. The Labute approximate surface area is 63.1 Å². The summed E-state index contributed by atoms with van der Waals surface area (Å²) < 4.78 is 0. The summed E-state index contributed by atoms with van der Waals surface area (Å²) in [5, 5.41) is 0. The monoisotopic (exact) mass is 156 g/mol. The van der Waals surface area contributed by atoms with E-state index < -0.39 is 0 Å². The molecule has 0 aromatic carbocycles. The molecule has 0 saturated heterocycles. The van der Waals surface area contributed by atoms with Gasteiger partial charge in [-0.15, -0.1) is 11.6 Å². The van der Waals surface area contributed by atoms with Crippen LogP contribution in [0.1, 0.15) is 10.5 Å². The van der Waals surface area contributed by atoms with Gasteiger partial charge in [-0.05, 0) is 6.07 Å². The van der Waals surface area contributed by atoms with Crippen molar-refractivity contribution in [2.75, 3.05) is 5.88 Å². The molecule has 1 heterocycles. The number of hydrogen-bond donors (Lipinski definition) is 0. The third-order valence-electron chi connectivity index (χ3n) is 0.989. The smallest absolute Gasteiger partial charge is 0.195 e. The van der Waals surface area contributed by atoms with Crippen LogP contribution in [0, 0.1) is 0 Å². The number of ketones is 1. The highest BCUT2D eigenvalue weighted by molar-refractivity contribution is 6.30. The van der Waals surface area contributed by atoms with Crippen LogP contribution in [-0.2, 0) is 0 Å². The lowest BCUT2D eigenvalue weighted by atomic mass is 10.3. The van der Waals surface area contributed by atoms with Crippen LogP contribution in [0.15, 0.2) is 18.6 Å². The maximum absolute atomic E-state index is 10.8. The maximum atomic E-state index is 10.8. The van der Waals surface area contributed by atoms with Crippen molar-refractivity contribution in [3.8, 4) is 0 Å². The first-order valence-electron chi connectivity index (χ1n) is 2.70. The highest BCUT2D eigenvalue weighted by Gasteiger charge is 2.02. The van der Waals surface area contributed by atoms with Gasteiger partial charge in [0, 0.05) is 6.20 Å². The fourth-order valence-corrected chi connectivity index (χ4v) is 0.661. The van der Waals surface area contributed by atoms with Crippen LogP contribution >= 0.6 is 11.6 Å². The van der Waals surface area contributed by atoms with Crippen molar-refractivity contribution in [2.45, 2.75) is 0 Å². The molecule has 4 heteroatoms. The zero-order valence-corrected chi connectivity index (χ0v) is 5.88. The van der Waals surface area contributed by atoms with Crippen LogP contribution in [0.5, 0.6) is 0 Å². The molecule has 1 aromatic heterocycles. The van der Waals surface area contributed by atoms with Crippen molar-refractivity contribution in [3.63, 3.8) is 0 Å². The summed E-state index contributed by atoms with van der Waals surface area (Å²) in [6.45, 7) is 0. The molecule has 0 amide bonds. The van der Waals surface area contributed by atoms with Gasteiger partial charge in [-0.1, -0.05) is 0 Å². The van der Waals surface area contributed by atoms with Crippen LogP contribution in [-0.4, -0.2) is 21.6 Å². The topological polar surface area (TPSA) is 42.9 Å². The van der Waals surface area contributed by atoms with E-state index in [1.54, 1.807) is 0 Å². The summed E-state index contributed by atoms with van der Waals surface area (Å²) in [4.78, 5) is 18.2. The van der Waals surface area contributed by atoms with E-state index in [4.69, 9.17) is 11.6 Å². The van der Waals surface area contributed by atoms with Gasteiger partial charge in [0.2, 0.25) is 0 Å². The molecule has 3 nitrogen and oxygen atoms in total. The van der Waals surface area contributed by atoms with Gasteiger partial charge in [0.1, 0.15) is 12.0 Å². The first-order chi connectivity index (χ1) is 4.84. The van der Waals surface area contributed by atoms with Crippen LogP contribution in [0.4, 0.5) is 0 Å². The number of aromatic nitrogens is 2. The number of carbonyl (C=O) groups excluding carboxylic acids is 1. The number of halogens is 1. The molecule has 0 N–H and O–H groups in total. The molecule has 1 rings (SSSR count). The zero-order chi connectivity index (χ0) is 7.40. The van der Waals surface area contributed by atoms with Gasteiger partial charge in [-0.2, -0.15) is 0 Å². The van der Waals surface area contributed by atoms with E-state index in [9.17, 15) is 4.79 Å². The van der Waals surface area contributed by atoms with Crippen molar-refractivity contribution < 1.29 is 4.79 Å². The Morgan fingerprint density at radius 2 is 2.50 bits per heavy atom. The summed E-state index contributed by atoms with van der Waals surface area (Å²) in [6, 6.07) is 1.53. The number of nitrogens with zero attached hydrogens (tertiary/aromatic N) is 2. The average molecular weight is 157 g/mol. The predicted octanol–water partition coefficient (Wildman–Crippen LogP) is 0.898. The molecule has 0 saturated carbocycles. The van der Waals surface area contributed by atoms with Crippen molar-refractivity contribution >= 4 is 17.4 Å². The quantitative estimate of drug-likeness (QED) is 0.472. The molecule has 0 fully saturated rings. The average Bonchev–Trinajstić information content (AvgIpc) is 2.05. The minimum atomic E-state index is -0.177. The normalized spacial score (nSPS) is 9.30. The SMILES string of the molecule is O=C(CCl)c1ccncn1. The van der Waals surface area contributed by atoms with Gasteiger partial charge in [-0.3, -0.25) is 4.79 Å². The highest BCUT2D eigenvalue weighted by atomic mass is 35.5. The van der Waals surface area contributed by atoms with E-state index in [0.717, 1.165) is 0 Å². The first kappa shape index (κ1) is 7.15. The second-order valence-corrected chi connectivity index (χ2v) is 1.92. The molecule has 0 radical (unpaired) electrons. The third-order valence-corrected chi connectivity index (χ3v) is 1.23. The minimum Gasteiger partial charge on any atom is -0.291 e. The first-order valence-corrected chi connectivity index (χ1v) is 3.23. The molecule has 52 valence electrons. The van der Waals surface area contributed by atoms with Crippen molar-refractivity contribution in [1.29, 1.82) is 0 Å². The molecule has 0 unspecified atom stereocenters. The van der Waals surface area contributed by atoms with Crippen molar-refractivity contribution in [3.05, 3.63) is 24.3 Å². The van der Waals surface area contributed by atoms with Gasteiger partial charge in [0.05, 0.1) is 5.88 Å². The van der Waals surface area contributed by atoms with Crippen LogP contribution in [0.25, 0.3) is 0 Å². The van der Waals surface area contributed by atoms with E-state index in [1.807, 2.05) is 0 Å². The molecule has 1 aromatic rings. The van der Waals surface area contributed by atoms with Crippen molar-refractivity contribution in [1.82, 2.24) is 9.97 Å². The standard InChI is InChI=1S/C6H5ClN2O/c7-3-6(10)5-1-2-8-4-9-5/h1-2,4H,3H2. The number of alkyl halides is 1. The van der Waals surface area contributed by atoms with Gasteiger partial charge in [-0.25, -0.2) is 9.97 Å². The molecular formula is C6H5ClN2O. The molecular weight excluding hydrogens is 152 g/mol. The van der Waals surface area contributed by atoms with E-state index in [1.165, 1.54) is 18.6 Å². The summed E-state index contributed by atoms with van der Waals surface area (Å²) in [6.07, 6.45) is 2.83. The molecule has 0 aliphatic heterocycles. The van der Waals surface area contributed by atoms with E-state index in [-0.39, 0.29) is 11.7 Å². The summed E-state index contributed by atoms with van der Waals surface area (Å²) in [7, 11) is 0. The zero-order valence-electron chi connectivity index (χ0n) is 5.12. The van der Waals surface area contributed by atoms with E-state index in [2.05, 4.69) is 9.97 Å². The second kappa shape index (κ2) is 3.27. The number of hydrogen-bond acceptors (Lipinski definition) is 3. The fraction of sp³-hybridized carbons (Fsp3) is 0.167. The van der Waals surface area contributed by atoms with Crippen LogP contribution < -0.4 is 0 Å². The second-order valence-electron chi connectivity index (χ2n) is 1.65. The lowest BCUT2D eigenvalue weighted by Gasteiger charge is -1.90. The molecule has 0 atom stereocenters. The number of carbonyl (C=O) groups is 1. The summed E-state index contributed by atoms with van der Waals surface area (Å²) >= 11 is 5.28. The molecule has 10 heavy (non-hydrogen) atoms. The van der Waals surface area contributed by atoms with Gasteiger partial charge in [0.25, 0.3) is 0 Å². The Kier molecular flexibility index (Phi) is 2.34. The lowest BCUT2D eigenvalue weighted by molar-refractivity contribution is 0.101. The van der Waals surface area contributed by atoms with Gasteiger partial charge in [0.15, 0.2) is 5.78 Å². The van der Waals surface area contributed by atoms with Crippen LogP contribution in [0.3, 0.4) is 0 Å². The molecule has 0 aliphatic carbocycles. The molecule has 0 aliphatic rings. The third kappa shape index (κ3) is 1.51. The van der Waals surface area contributed by atoms with E-state index >= 15 is 0 Å². The van der Waals surface area contributed by atoms with Gasteiger partial charge < -0.3 is 0 Å². The predicted molar refractivity (Wildman–Crippen MR) is 37.1 cm³/mol. The Hall–Kier alpha value is -0.960. The number of rotatable bonds is 2. The Bertz CT molecular complexity index is 224. The van der Waals surface area contributed by atoms with E-state index in [0.29, 0.717) is 5.69 Å². The largest absolute Gasteiger partial charge is 0.291 e. The van der Waals surface area contributed by atoms with Crippen LogP contribution in [0.2, 0.25) is 0 Å². The highest BCUT2D eigenvalue weighted by Crippen LogP contribution is 1.93. The lowest BCUT2D eigenvalue weighted by Crippen LogP contribution is -2.02. The molecule has 0 spiro atoms. The summed E-state index contributed by atoms with van der Waals surface area (Å²) in [5.41, 5.74) is 0.366. The fourth-order valence-electron chi connectivity index (χ4n) is 0.524. The molecule has 0 bridgehead atoms. The maximum Gasteiger partial charge on any atom is 0.195 e. The Balaban J connectivity index is 2.85. The Morgan fingerprint density at radius 3 is 3.00 bits per heavy atom. The Morgan fingerprint density at radius 1 is 1.70 bits per heavy atom. The summed E-state index contributed by atoms with van der Waals surface area (Å²) in [5.74, 6) is -0.208. The van der Waals surface area contributed by atoms with Crippen molar-refractivity contribution in [2.24, 2.45) is 0 Å². The van der Waals surface area contributed by atoms with Gasteiger partial charge >= 0.3 is 0 Å². The minimum absolute atomic E-state index is 0.0307.